The summed E-state index contributed by atoms with van der Waals surface area (Å²) < 4.78 is 10.2. The largest absolute Gasteiger partial charge is 0.444 e. The van der Waals surface area contributed by atoms with Crippen molar-refractivity contribution < 1.29 is 24.2 Å². The summed E-state index contributed by atoms with van der Waals surface area (Å²) in [5, 5.41) is 8.53. The molecule has 7 nitrogen and oxygen atoms in total. The maximum absolute atomic E-state index is 11.7. The molecule has 0 aliphatic carbocycles. The number of primary amides is 1. The highest BCUT2D eigenvalue weighted by Gasteiger charge is 2.22. The minimum Gasteiger partial charge on any atom is -0.444 e. The van der Waals surface area contributed by atoms with Gasteiger partial charge in [-0.3, -0.25) is 9.69 Å². The molecule has 3 N–H and O–H groups in total. The summed E-state index contributed by atoms with van der Waals surface area (Å²) in [5.41, 5.74) is 4.42. The molecule has 0 aromatic carbocycles. The number of nitrogens with zero attached hydrogens (tertiary/aromatic N) is 1. The molecule has 0 radical (unpaired) electrons. The van der Waals surface area contributed by atoms with Crippen molar-refractivity contribution in [1.82, 2.24) is 4.90 Å². The van der Waals surface area contributed by atoms with Crippen LogP contribution >= 0.6 is 0 Å². The monoisotopic (exact) mass is 262 g/mol. The van der Waals surface area contributed by atoms with Gasteiger partial charge in [0, 0.05) is 6.54 Å². The molecule has 7 heteroatoms. The van der Waals surface area contributed by atoms with E-state index < -0.39 is 17.6 Å². The third-order valence-corrected chi connectivity index (χ3v) is 1.74. The molecule has 0 heterocycles. The topological polar surface area (TPSA) is 102 Å². The molecular weight excluding hydrogens is 240 g/mol. The Morgan fingerprint density at radius 1 is 1.28 bits per heavy atom. The molecule has 106 valence electrons. The summed E-state index contributed by atoms with van der Waals surface area (Å²) >= 11 is 0. The first-order valence-electron chi connectivity index (χ1n) is 5.71. The smallest absolute Gasteiger partial charge is 0.410 e. The average Bonchev–Trinajstić information content (AvgIpc) is 2.19. The van der Waals surface area contributed by atoms with Gasteiger partial charge >= 0.3 is 6.09 Å². The second-order valence-corrected chi connectivity index (χ2v) is 4.70. The van der Waals surface area contributed by atoms with E-state index in [1.54, 1.807) is 20.8 Å². The normalized spacial score (nSPS) is 11.1. The maximum Gasteiger partial charge on any atom is 0.410 e. The van der Waals surface area contributed by atoms with Crippen molar-refractivity contribution in [2.24, 2.45) is 5.73 Å². The lowest BCUT2D eigenvalue weighted by molar-refractivity contribution is -0.119. The van der Waals surface area contributed by atoms with Gasteiger partial charge in [-0.2, -0.15) is 0 Å². The van der Waals surface area contributed by atoms with Crippen LogP contribution < -0.4 is 5.73 Å². The molecule has 0 aliphatic rings. The first-order chi connectivity index (χ1) is 8.26. The fourth-order valence-electron chi connectivity index (χ4n) is 1.09. The number of hydrogen-bond acceptors (Lipinski definition) is 5. The molecule has 0 spiro atoms. The van der Waals surface area contributed by atoms with E-state index in [2.05, 4.69) is 0 Å². The Balaban J connectivity index is 4.29. The van der Waals surface area contributed by atoms with Gasteiger partial charge < -0.3 is 20.3 Å². The highest BCUT2D eigenvalue weighted by Crippen LogP contribution is 2.09. The third kappa shape index (κ3) is 8.77. The highest BCUT2D eigenvalue weighted by molar-refractivity contribution is 5.80. The van der Waals surface area contributed by atoms with Crippen LogP contribution in [0.15, 0.2) is 0 Å². The van der Waals surface area contributed by atoms with Crippen LogP contribution in [0.3, 0.4) is 0 Å². The number of ether oxygens (including phenoxy) is 2. The van der Waals surface area contributed by atoms with Crippen LogP contribution in [0.4, 0.5) is 4.79 Å². The van der Waals surface area contributed by atoms with Crippen LogP contribution in [-0.2, 0) is 14.3 Å². The van der Waals surface area contributed by atoms with E-state index in [9.17, 15) is 9.59 Å². The summed E-state index contributed by atoms with van der Waals surface area (Å²) in [6, 6.07) is 0. The number of nitrogens with two attached hydrogens (primary N) is 1. The van der Waals surface area contributed by atoms with Crippen LogP contribution in [0.5, 0.6) is 0 Å². The van der Waals surface area contributed by atoms with Crippen LogP contribution in [0.25, 0.3) is 0 Å². The molecule has 0 fully saturated rings. The van der Waals surface area contributed by atoms with Gasteiger partial charge in [0.1, 0.15) is 12.1 Å². The Morgan fingerprint density at radius 2 is 1.89 bits per heavy atom. The lowest BCUT2D eigenvalue weighted by atomic mass is 10.2. The molecule has 0 atom stereocenters. The summed E-state index contributed by atoms with van der Waals surface area (Å²) in [6.07, 6.45) is -0.617. The molecule has 0 bridgehead atoms. The second-order valence-electron chi connectivity index (χ2n) is 4.70. The van der Waals surface area contributed by atoms with Crippen LogP contribution in [0.2, 0.25) is 0 Å². The second kappa shape index (κ2) is 7.88. The first-order valence-corrected chi connectivity index (χ1v) is 5.71. The Morgan fingerprint density at radius 3 is 2.33 bits per heavy atom. The lowest BCUT2D eigenvalue weighted by Gasteiger charge is -2.26. The molecule has 0 unspecified atom stereocenters. The van der Waals surface area contributed by atoms with E-state index in [-0.39, 0.29) is 32.9 Å². The average molecular weight is 262 g/mol. The first kappa shape index (κ1) is 16.7. The number of rotatable bonds is 7. The summed E-state index contributed by atoms with van der Waals surface area (Å²) in [4.78, 5) is 23.8. The predicted octanol–water partition coefficient (Wildman–Crippen LogP) is -0.282. The lowest BCUT2D eigenvalue weighted by Crippen LogP contribution is -2.43. The van der Waals surface area contributed by atoms with Crippen molar-refractivity contribution in [3.05, 3.63) is 0 Å². The van der Waals surface area contributed by atoms with Crippen LogP contribution in [-0.4, -0.2) is 60.5 Å². The fourth-order valence-corrected chi connectivity index (χ4v) is 1.09. The number of aliphatic hydroxyl groups is 1. The number of carbonyl (C=O) groups excluding carboxylic acids is 2. The van der Waals surface area contributed by atoms with Gasteiger partial charge in [-0.15, -0.1) is 0 Å². The molecule has 0 aromatic rings. The Kier molecular flexibility index (Phi) is 7.30. The SMILES string of the molecule is CC(C)(C)OC(=O)N(CCOCCO)CC(N)=O. The van der Waals surface area contributed by atoms with Gasteiger partial charge in [-0.25, -0.2) is 4.79 Å². The zero-order valence-corrected chi connectivity index (χ0v) is 11.1. The number of carbonyl (C=O) groups is 2. The molecule has 0 aromatic heterocycles. The van der Waals surface area contributed by atoms with Crippen molar-refractivity contribution in [2.75, 3.05) is 32.9 Å². The summed E-state index contributed by atoms with van der Waals surface area (Å²) in [6.45, 7) is 5.43. The van der Waals surface area contributed by atoms with Crippen molar-refractivity contribution in [3.8, 4) is 0 Å². The zero-order valence-electron chi connectivity index (χ0n) is 11.1. The molecule has 0 saturated heterocycles. The van der Waals surface area contributed by atoms with Gasteiger partial charge in [0.2, 0.25) is 5.91 Å². The highest BCUT2D eigenvalue weighted by atomic mass is 16.6. The van der Waals surface area contributed by atoms with E-state index in [1.165, 1.54) is 4.90 Å². The maximum atomic E-state index is 11.7. The Hall–Kier alpha value is -1.34. The number of aliphatic hydroxyl groups excluding tert-OH is 1. The number of hydrogen-bond donors (Lipinski definition) is 2. The summed E-state index contributed by atoms with van der Waals surface area (Å²) in [7, 11) is 0. The minimum atomic E-state index is -0.640. The van der Waals surface area contributed by atoms with Crippen molar-refractivity contribution >= 4 is 12.0 Å². The molecule has 0 rings (SSSR count). The fraction of sp³-hybridized carbons (Fsp3) is 0.818. The van der Waals surface area contributed by atoms with Gasteiger partial charge in [0.15, 0.2) is 0 Å². The molecule has 2 amide bonds. The molecule has 18 heavy (non-hydrogen) atoms. The van der Waals surface area contributed by atoms with E-state index in [0.717, 1.165) is 0 Å². The van der Waals surface area contributed by atoms with E-state index in [0.29, 0.717) is 0 Å². The minimum absolute atomic E-state index is 0.0950. The quantitative estimate of drug-likeness (QED) is 0.614. The van der Waals surface area contributed by atoms with Crippen LogP contribution in [0.1, 0.15) is 20.8 Å². The third-order valence-electron chi connectivity index (χ3n) is 1.74. The van der Waals surface area contributed by atoms with Gasteiger partial charge in [0.05, 0.1) is 19.8 Å². The summed E-state index contributed by atoms with van der Waals surface area (Å²) in [5.74, 6) is -0.622. The van der Waals surface area contributed by atoms with Crippen LogP contribution in [0, 0.1) is 0 Å². The van der Waals surface area contributed by atoms with Gasteiger partial charge in [-0.1, -0.05) is 0 Å². The standard InChI is InChI=1S/C11H22N2O5/c1-11(2,3)18-10(16)13(8-9(12)15)4-6-17-7-5-14/h14H,4-8H2,1-3H3,(H2,12,15). The number of amides is 2. The van der Waals surface area contributed by atoms with E-state index in [4.69, 9.17) is 20.3 Å². The zero-order chi connectivity index (χ0) is 14.2. The van der Waals surface area contributed by atoms with Crippen molar-refractivity contribution in [2.45, 2.75) is 26.4 Å². The van der Waals surface area contributed by atoms with Gasteiger partial charge in [0.25, 0.3) is 0 Å². The van der Waals surface area contributed by atoms with E-state index in [1.807, 2.05) is 0 Å². The predicted molar refractivity (Wildman–Crippen MR) is 64.9 cm³/mol. The molecule has 0 saturated carbocycles. The Bertz CT molecular complexity index is 275. The van der Waals surface area contributed by atoms with Gasteiger partial charge in [-0.05, 0) is 20.8 Å². The molecular formula is C11H22N2O5. The van der Waals surface area contributed by atoms with Crippen molar-refractivity contribution in [3.63, 3.8) is 0 Å². The Labute approximate surface area is 107 Å². The molecule has 0 aliphatic heterocycles. The van der Waals surface area contributed by atoms with Crippen molar-refractivity contribution in [1.29, 1.82) is 0 Å². The van der Waals surface area contributed by atoms with E-state index >= 15 is 0 Å².